The van der Waals surface area contributed by atoms with Gasteiger partial charge in [0.25, 0.3) is 0 Å². The van der Waals surface area contributed by atoms with Crippen LogP contribution in [0.25, 0.3) is 0 Å². The van der Waals surface area contributed by atoms with E-state index in [0.29, 0.717) is 5.92 Å². The molecule has 80 valence electrons. The number of Topliss-reactive ketones (excluding diaryl/α,β-unsaturated/α-hetero) is 1. The average molecular weight is 211 g/mol. The van der Waals surface area contributed by atoms with Crippen LogP contribution < -0.4 is 0 Å². The van der Waals surface area contributed by atoms with E-state index in [-0.39, 0.29) is 23.0 Å². The summed E-state index contributed by atoms with van der Waals surface area (Å²) in [6.45, 7) is 0. The Bertz CT molecular complexity index is 497. The van der Waals surface area contributed by atoms with Gasteiger partial charge in [0.05, 0.1) is 6.07 Å². The van der Waals surface area contributed by atoms with E-state index in [2.05, 4.69) is 18.2 Å². The van der Waals surface area contributed by atoms with E-state index in [1.807, 2.05) is 12.2 Å². The number of nitrogens with zero attached hydrogens (tertiary/aromatic N) is 1. The van der Waals surface area contributed by atoms with Crippen LogP contribution >= 0.6 is 0 Å². The molecule has 0 saturated heterocycles. The molecule has 0 aromatic rings. The van der Waals surface area contributed by atoms with E-state index in [1.54, 1.807) is 0 Å². The highest BCUT2D eigenvalue weighted by Gasteiger charge is 2.87. The monoisotopic (exact) mass is 211 g/mol. The minimum Gasteiger partial charge on any atom is -0.298 e. The lowest BCUT2D eigenvalue weighted by atomic mass is 9.81. The third-order valence-corrected chi connectivity index (χ3v) is 5.40. The van der Waals surface area contributed by atoms with Gasteiger partial charge in [-0.1, -0.05) is 30.7 Å². The summed E-state index contributed by atoms with van der Waals surface area (Å²) in [5, 5.41) is 9.48. The quantitative estimate of drug-likeness (QED) is 0.616. The highest BCUT2D eigenvalue weighted by molar-refractivity contribution is 6.00. The van der Waals surface area contributed by atoms with Crippen molar-refractivity contribution in [2.45, 2.75) is 19.3 Å². The fraction of sp³-hybridized carbons (Fsp3) is 0.571. The van der Waals surface area contributed by atoms with Gasteiger partial charge < -0.3 is 0 Å². The van der Waals surface area contributed by atoms with Crippen molar-refractivity contribution in [2.75, 3.05) is 0 Å². The van der Waals surface area contributed by atoms with Gasteiger partial charge in [0.1, 0.15) is 5.41 Å². The molecule has 1 spiro atoms. The highest BCUT2D eigenvalue weighted by atomic mass is 16.1. The molecule has 2 nitrogen and oxygen atoms in total. The number of ketones is 1. The fourth-order valence-corrected chi connectivity index (χ4v) is 4.85. The molecule has 0 aliphatic heterocycles. The standard InChI is InChI=1S/C14H13NO/c15-8-14-11-6-1-2-7-13(11,14)10-5-3-4-9(10)12(14)16/h1-2,6-7,9-11H,3-5H2/t9-,10-,11?,13?,14?/m0/s1. The molecule has 0 aromatic heterocycles. The van der Waals surface area contributed by atoms with Crippen molar-refractivity contribution in [3.63, 3.8) is 0 Å². The highest BCUT2D eigenvalue weighted by Crippen LogP contribution is 2.83. The van der Waals surface area contributed by atoms with Crippen molar-refractivity contribution in [3.8, 4) is 6.07 Å². The first kappa shape index (κ1) is 8.75. The van der Waals surface area contributed by atoms with E-state index in [0.717, 1.165) is 19.3 Å². The van der Waals surface area contributed by atoms with Crippen LogP contribution in [0.1, 0.15) is 19.3 Å². The number of allylic oxidation sites excluding steroid dienone is 4. The molecular formula is C14H13NO. The van der Waals surface area contributed by atoms with Crippen molar-refractivity contribution in [3.05, 3.63) is 24.3 Å². The van der Waals surface area contributed by atoms with Gasteiger partial charge in [-0.25, -0.2) is 0 Å². The van der Waals surface area contributed by atoms with Crippen molar-refractivity contribution in [2.24, 2.45) is 28.6 Å². The lowest BCUT2D eigenvalue weighted by Gasteiger charge is -2.21. The zero-order chi connectivity index (χ0) is 11.0. The topological polar surface area (TPSA) is 40.9 Å². The van der Waals surface area contributed by atoms with E-state index in [1.165, 1.54) is 0 Å². The van der Waals surface area contributed by atoms with Crippen LogP contribution in [-0.4, -0.2) is 5.78 Å². The van der Waals surface area contributed by atoms with Gasteiger partial charge in [0.2, 0.25) is 0 Å². The van der Waals surface area contributed by atoms with Gasteiger partial charge >= 0.3 is 0 Å². The SMILES string of the molecule is N#CC12C(=O)[C@H]3CCC[C@@H]3C13C=CC=CC23. The molecule has 0 N–H and O–H groups in total. The Morgan fingerprint density at radius 3 is 3.06 bits per heavy atom. The second-order valence-electron chi connectivity index (χ2n) is 5.58. The first-order valence-corrected chi connectivity index (χ1v) is 6.10. The molecule has 0 bridgehead atoms. The van der Waals surface area contributed by atoms with Gasteiger partial charge in [-0.15, -0.1) is 0 Å². The van der Waals surface area contributed by atoms with E-state index in [4.69, 9.17) is 0 Å². The van der Waals surface area contributed by atoms with Gasteiger partial charge in [-0.05, 0) is 18.8 Å². The van der Waals surface area contributed by atoms with Gasteiger partial charge in [-0.2, -0.15) is 5.26 Å². The molecule has 0 amide bonds. The molecule has 0 aromatic carbocycles. The Morgan fingerprint density at radius 2 is 2.25 bits per heavy atom. The maximum atomic E-state index is 12.5. The molecule has 0 heterocycles. The number of hydrogen-bond donors (Lipinski definition) is 0. The predicted octanol–water partition coefficient (Wildman–Crippen LogP) is 2.24. The van der Waals surface area contributed by atoms with E-state index in [9.17, 15) is 10.1 Å². The third-order valence-electron chi connectivity index (χ3n) is 5.40. The van der Waals surface area contributed by atoms with E-state index >= 15 is 0 Å². The molecule has 2 heteroatoms. The summed E-state index contributed by atoms with van der Waals surface area (Å²) in [5.74, 6) is 1.07. The van der Waals surface area contributed by atoms with Crippen molar-refractivity contribution in [1.29, 1.82) is 5.26 Å². The van der Waals surface area contributed by atoms with Crippen LogP contribution in [0.3, 0.4) is 0 Å². The number of carbonyl (C=O) groups excluding carboxylic acids is 1. The number of rotatable bonds is 0. The largest absolute Gasteiger partial charge is 0.298 e. The summed E-state index contributed by atoms with van der Waals surface area (Å²) in [6.07, 6.45) is 11.6. The van der Waals surface area contributed by atoms with Crippen LogP contribution in [0.5, 0.6) is 0 Å². The minimum absolute atomic E-state index is 0.102. The van der Waals surface area contributed by atoms with Gasteiger partial charge in [0, 0.05) is 17.3 Å². The normalized spacial score (nSPS) is 55.4. The fourth-order valence-electron chi connectivity index (χ4n) is 4.85. The molecular weight excluding hydrogens is 198 g/mol. The second kappa shape index (κ2) is 2.32. The van der Waals surface area contributed by atoms with E-state index < -0.39 is 5.41 Å². The Labute approximate surface area is 94.6 Å². The van der Waals surface area contributed by atoms with Crippen LogP contribution in [0.4, 0.5) is 0 Å². The number of nitriles is 1. The Kier molecular flexibility index (Phi) is 1.27. The molecule has 3 saturated carbocycles. The number of fused-ring (bicyclic) bond motifs is 2. The van der Waals surface area contributed by atoms with Crippen LogP contribution in [-0.2, 0) is 4.79 Å². The van der Waals surface area contributed by atoms with Crippen molar-refractivity contribution >= 4 is 5.78 Å². The Morgan fingerprint density at radius 1 is 1.38 bits per heavy atom. The maximum Gasteiger partial charge on any atom is 0.158 e. The first-order chi connectivity index (χ1) is 7.79. The molecule has 4 aliphatic rings. The average Bonchev–Trinajstić information content (AvgIpc) is 2.60. The molecule has 16 heavy (non-hydrogen) atoms. The van der Waals surface area contributed by atoms with Crippen molar-refractivity contribution < 1.29 is 4.79 Å². The zero-order valence-corrected chi connectivity index (χ0v) is 9.02. The predicted molar refractivity (Wildman–Crippen MR) is 58.1 cm³/mol. The molecule has 3 fully saturated rings. The Hall–Kier alpha value is -1.36. The molecule has 5 atom stereocenters. The lowest BCUT2D eigenvalue weighted by Crippen LogP contribution is -2.22. The first-order valence-electron chi connectivity index (χ1n) is 6.10. The molecule has 4 aliphatic carbocycles. The second-order valence-corrected chi connectivity index (χ2v) is 5.58. The zero-order valence-electron chi connectivity index (χ0n) is 9.02. The smallest absolute Gasteiger partial charge is 0.158 e. The lowest BCUT2D eigenvalue weighted by molar-refractivity contribution is -0.125. The number of carbonyl (C=O) groups is 1. The summed E-state index contributed by atoms with van der Waals surface area (Å²) in [7, 11) is 0. The van der Waals surface area contributed by atoms with Crippen molar-refractivity contribution in [1.82, 2.24) is 0 Å². The summed E-state index contributed by atoms with van der Waals surface area (Å²) in [4.78, 5) is 12.5. The summed E-state index contributed by atoms with van der Waals surface area (Å²) >= 11 is 0. The third kappa shape index (κ3) is 0.574. The number of hydrogen-bond acceptors (Lipinski definition) is 2. The van der Waals surface area contributed by atoms with Crippen LogP contribution in [0, 0.1) is 39.9 Å². The molecule has 0 radical (unpaired) electrons. The van der Waals surface area contributed by atoms with Crippen LogP contribution in [0.2, 0.25) is 0 Å². The summed E-state index contributed by atoms with van der Waals surface area (Å²) in [6, 6.07) is 2.37. The summed E-state index contributed by atoms with van der Waals surface area (Å²) in [5.41, 5.74) is -0.777. The van der Waals surface area contributed by atoms with Crippen LogP contribution in [0.15, 0.2) is 24.3 Å². The Balaban J connectivity index is 1.95. The molecule has 3 unspecified atom stereocenters. The van der Waals surface area contributed by atoms with Gasteiger partial charge in [0.15, 0.2) is 5.78 Å². The molecule has 4 rings (SSSR count). The maximum absolute atomic E-state index is 12.5. The summed E-state index contributed by atoms with van der Waals surface area (Å²) < 4.78 is 0. The van der Waals surface area contributed by atoms with Gasteiger partial charge in [-0.3, -0.25) is 4.79 Å². The minimum atomic E-state index is -0.674.